The van der Waals surface area contributed by atoms with Gasteiger partial charge in [0.15, 0.2) is 0 Å². The molecule has 0 saturated heterocycles. The highest BCUT2D eigenvalue weighted by Gasteiger charge is 2.14. The average molecular weight is 228 g/mol. The predicted molar refractivity (Wildman–Crippen MR) is 63.6 cm³/mol. The third-order valence-electron chi connectivity index (χ3n) is 2.78. The van der Waals surface area contributed by atoms with Crippen molar-refractivity contribution < 1.29 is 13.9 Å². The Morgan fingerprint density at radius 1 is 1.18 bits per heavy atom. The maximum absolute atomic E-state index is 10.1. The Bertz CT molecular complexity index is 574. The molecule has 2 aromatic heterocycles. The third-order valence-corrected chi connectivity index (χ3v) is 2.78. The first-order valence-electron chi connectivity index (χ1n) is 5.50. The van der Waals surface area contributed by atoms with Gasteiger partial charge in [0.05, 0.1) is 12.5 Å². The predicted octanol–water partition coefficient (Wildman–Crippen LogP) is 3.30. The normalized spacial score (nSPS) is 13.0. The van der Waals surface area contributed by atoms with Crippen LogP contribution in [0.4, 0.5) is 0 Å². The van der Waals surface area contributed by atoms with E-state index in [0.717, 1.165) is 16.5 Å². The fourth-order valence-electron chi connectivity index (χ4n) is 1.90. The van der Waals surface area contributed by atoms with Gasteiger partial charge in [-0.1, -0.05) is 18.2 Å². The summed E-state index contributed by atoms with van der Waals surface area (Å²) in [5.74, 6) is 0.590. The molecule has 86 valence electrons. The lowest BCUT2D eigenvalue weighted by molar-refractivity contribution is 0.152. The molecule has 0 spiro atoms. The largest absolute Gasteiger partial charge is 0.472 e. The Balaban J connectivity index is 1.88. The first-order valence-corrected chi connectivity index (χ1v) is 5.50. The lowest BCUT2D eigenvalue weighted by Gasteiger charge is -2.04. The van der Waals surface area contributed by atoms with E-state index in [9.17, 15) is 5.11 Å². The molecule has 3 heteroatoms. The van der Waals surface area contributed by atoms with Gasteiger partial charge in [-0.25, -0.2) is 0 Å². The van der Waals surface area contributed by atoms with E-state index in [0.29, 0.717) is 12.2 Å². The number of fused-ring (bicyclic) bond motifs is 1. The fourth-order valence-corrected chi connectivity index (χ4v) is 1.90. The molecule has 0 aliphatic heterocycles. The Morgan fingerprint density at radius 2 is 2.06 bits per heavy atom. The Labute approximate surface area is 98.3 Å². The SMILES string of the molecule is OC(Cc1ccoc1)c1cc2ccccc2o1. The van der Waals surface area contributed by atoms with Gasteiger partial charge in [0.2, 0.25) is 0 Å². The summed E-state index contributed by atoms with van der Waals surface area (Å²) in [6.45, 7) is 0. The highest BCUT2D eigenvalue weighted by atomic mass is 16.4. The molecular weight excluding hydrogens is 216 g/mol. The van der Waals surface area contributed by atoms with Crippen molar-refractivity contribution in [1.82, 2.24) is 0 Å². The Hall–Kier alpha value is -2.00. The molecule has 1 atom stereocenters. The summed E-state index contributed by atoms with van der Waals surface area (Å²) in [5.41, 5.74) is 1.76. The molecule has 0 aliphatic carbocycles. The van der Waals surface area contributed by atoms with Crippen LogP contribution in [0.1, 0.15) is 17.4 Å². The third kappa shape index (κ3) is 1.97. The smallest absolute Gasteiger partial charge is 0.134 e. The lowest BCUT2D eigenvalue weighted by atomic mass is 10.1. The van der Waals surface area contributed by atoms with Crippen molar-refractivity contribution in [2.45, 2.75) is 12.5 Å². The van der Waals surface area contributed by atoms with Crippen LogP contribution >= 0.6 is 0 Å². The standard InChI is InChI=1S/C14H12O3/c15-12(7-10-5-6-16-9-10)14-8-11-3-1-2-4-13(11)17-14/h1-6,8-9,12,15H,7H2. The van der Waals surface area contributed by atoms with E-state index in [4.69, 9.17) is 8.83 Å². The number of benzene rings is 1. The molecule has 2 heterocycles. The van der Waals surface area contributed by atoms with Crippen LogP contribution in [0.25, 0.3) is 11.0 Å². The van der Waals surface area contributed by atoms with E-state index < -0.39 is 6.10 Å². The van der Waals surface area contributed by atoms with Crippen molar-refractivity contribution in [3.05, 3.63) is 60.2 Å². The van der Waals surface area contributed by atoms with Crippen LogP contribution in [0, 0.1) is 0 Å². The van der Waals surface area contributed by atoms with Crippen molar-refractivity contribution >= 4 is 11.0 Å². The maximum Gasteiger partial charge on any atom is 0.134 e. The van der Waals surface area contributed by atoms with Crippen LogP contribution in [0.5, 0.6) is 0 Å². The molecule has 1 aromatic carbocycles. The average Bonchev–Trinajstić information content (AvgIpc) is 2.96. The van der Waals surface area contributed by atoms with Gasteiger partial charge >= 0.3 is 0 Å². The number of aliphatic hydroxyl groups excluding tert-OH is 1. The van der Waals surface area contributed by atoms with Crippen LogP contribution < -0.4 is 0 Å². The molecule has 1 unspecified atom stereocenters. The quantitative estimate of drug-likeness (QED) is 0.748. The molecule has 3 rings (SSSR count). The molecular formula is C14H12O3. The van der Waals surface area contributed by atoms with Gasteiger partial charge in [-0.05, 0) is 23.8 Å². The molecule has 0 fully saturated rings. The van der Waals surface area contributed by atoms with Crippen molar-refractivity contribution in [2.24, 2.45) is 0 Å². The van der Waals surface area contributed by atoms with Gasteiger partial charge in [0, 0.05) is 11.8 Å². The van der Waals surface area contributed by atoms with Crippen LogP contribution in [0.2, 0.25) is 0 Å². The molecule has 17 heavy (non-hydrogen) atoms. The van der Waals surface area contributed by atoms with Crippen molar-refractivity contribution in [2.75, 3.05) is 0 Å². The molecule has 0 bridgehead atoms. The molecule has 1 N–H and O–H groups in total. The van der Waals surface area contributed by atoms with Crippen LogP contribution in [0.15, 0.2) is 57.8 Å². The topological polar surface area (TPSA) is 46.5 Å². The Kier molecular flexibility index (Phi) is 2.46. The number of para-hydroxylation sites is 1. The van der Waals surface area contributed by atoms with E-state index in [-0.39, 0.29) is 0 Å². The van der Waals surface area contributed by atoms with Crippen LogP contribution in [-0.2, 0) is 6.42 Å². The zero-order valence-electron chi connectivity index (χ0n) is 9.17. The minimum absolute atomic E-state index is 0.496. The minimum atomic E-state index is -0.639. The first-order chi connectivity index (χ1) is 8.33. The maximum atomic E-state index is 10.1. The molecule has 0 saturated carbocycles. The van der Waals surface area contributed by atoms with Gasteiger partial charge in [0.1, 0.15) is 17.4 Å². The van der Waals surface area contributed by atoms with Gasteiger partial charge in [-0.15, -0.1) is 0 Å². The second-order valence-electron chi connectivity index (χ2n) is 4.04. The highest BCUT2D eigenvalue weighted by Crippen LogP contribution is 2.25. The fraction of sp³-hybridized carbons (Fsp3) is 0.143. The summed E-state index contributed by atoms with van der Waals surface area (Å²) in [4.78, 5) is 0. The number of aliphatic hydroxyl groups is 1. The highest BCUT2D eigenvalue weighted by molar-refractivity contribution is 5.77. The molecule has 3 nitrogen and oxygen atoms in total. The number of rotatable bonds is 3. The number of furan rings is 2. The second-order valence-corrected chi connectivity index (χ2v) is 4.04. The summed E-state index contributed by atoms with van der Waals surface area (Å²) in [7, 11) is 0. The molecule has 3 aromatic rings. The number of hydrogen-bond donors (Lipinski definition) is 1. The van der Waals surface area contributed by atoms with Crippen LogP contribution in [0.3, 0.4) is 0 Å². The summed E-state index contributed by atoms with van der Waals surface area (Å²) in [6.07, 6.45) is 3.09. The minimum Gasteiger partial charge on any atom is -0.472 e. The molecule has 0 amide bonds. The number of hydrogen-bond acceptors (Lipinski definition) is 3. The first kappa shape index (κ1) is 10.2. The van der Waals surface area contributed by atoms with E-state index in [1.807, 2.05) is 36.4 Å². The zero-order valence-corrected chi connectivity index (χ0v) is 9.17. The van der Waals surface area contributed by atoms with Crippen LogP contribution in [-0.4, -0.2) is 5.11 Å². The monoisotopic (exact) mass is 228 g/mol. The summed E-state index contributed by atoms with van der Waals surface area (Å²) in [5, 5.41) is 11.1. The van der Waals surface area contributed by atoms with E-state index >= 15 is 0 Å². The Morgan fingerprint density at radius 3 is 2.82 bits per heavy atom. The molecule has 0 radical (unpaired) electrons. The second kappa shape index (κ2) is 4.11. The van der Waals surface area contributed by atoms with Gasteiger partial charge in [-0.2, -0.15) is 0 Å². The van der Waals surface area contributed by atoms with Crippen molar-refractivity contribution in [3.63, 3.8) is 0 Å². The molecule has 0 aliphatic rings. The van der Waals surface area contributed by atoms with E-state index in [2.05, 4.69) is 0 Å². The van der Waals surface area contributed by atoms with Crippen molar-refractivity contribution in [1.29, 1.82) is 0 Å². The van der Waals surface area contributed by atoms with Gasteiger partial charge in [0.25, 0.3) is 0 Å². The van der Waals surface area contributed by atoms with E-state index in [1.54, 1.807) is 12.5 Å². The summed E-state index contributed by atoms with van der Waals surface area (Å²) in [6, 6.07) is 11.4. The lowest BCUT2D eigenvalue weighted by Crippen LogP contribution is -1.98. The zero-order chi connectivity index (χ0) is 11.7. The summed E-state index contributed by atoms with van der Waals surface area (Å²) < 4.78 is 10.6. The van der Waals surface area contributed by atoms with E-state index in [1.165, 1.54) is 0 Å². The van der Waals surface area contributed by atoms with Crippen molar-refractivity contribution in [3.8, 4) is 0 Å². The van der Waals surface area contributed by atoms with Gasteiger partial charge < -0.3 is 13.9 Å². The summed E-state index contributed by atoms with van der Waals surface area (Å²) >= 11 is 0. The van der Waals surface area contributed by atoms with Gasteiger partial charge in [-0.3, -0.25) is 0 Å².